The van der Waals surface area contributed by atoms with Crippen molar-refractivity contribution < 1.29 is 14.3 Å². The molecule has 1 unspecified atom stereocenters. The number of anilines is 1. The van der Waals surface area contributed by atoms with Crippen molar-refractivity contribution in [2.24, 2.45) is 0 Å². The summed E-state index contributed by atoms with van der Waals surface area (Å²) in [7, 11) is 0. The van der Waals surface area contributed by atoms with Crippen LogP contribution in [0.1, 0.15) is 34.5 Å². The zero-order valence-corrected chi connectivity index (χ0v) is 17.2. The number of fused-ring (bicyclic) bond motifs is 1. The highest BCUT2D eigenvalue weighted by Crippen LogP contribution is 2.37. The lowest BCUT2D eigenvalue weighted by atomic mass is 9.95. The molecule has 4 rings (SSSR count). The third-order valence-electron chi connectivity index (χ3n) is 5.00. The highest BCUT2D eigenvalue weighted by molar-refractivity contribution is 6.31. The number of halogens is 1. The van der Waals surface area contributed by atoms with Crippen LogP contribution in [0.4, 0.5) is 5.69 Å². The second-order valence-electron chi connectivity index (χ2n) is 6.98. The van der Waals surface area contributed by atoms with Gasteiger partial charge in [-0.2, -0.15) is 0 Å². The van der Waals surface area contributed by atoms with E-state index in [4.69, 9.17) is 16.3 Å². The molecule has 3 aromatic rings. The van der Waals surface area contributed by atoms with E-state index in [2.05, 4.69) is 5.32 Å². The number of nitrogens with zero attached hydrogens (tertiary/aromatic N) is 1. The number of benzene rings is 3. The van der Waals surface area contributed by atoms with Crippen molar-refractivity contribution in [1.82, 2.24) is 4.90 Å². The Morgan fingerprint density at radius 1 is 1.10 bits per heavy atom. The molecule has 2 amide bonds. The molecule has 30 heavy (non-hydrogen) atoms. The Balaban J connectivity index is 1.80. The van der Waals surface area contributed by atoms with E-state index in [9.17, 15) is 9.59 Å². The Labute approximate surface area is 180 Å². The summed E-state index contributed by atoms with van der Waals surface area (Å²) in [6, 6.07) is 21.6. The minimum Gasteiger partial charge on any atom is -0.494 e. The van der Waals surface area contributed by atoms with Gasteiger partial charge in [0.2, 0.25) is 5.91 Å². The van der Waals surface area contributed by atoms with Crippen molar-refractivity contribution >= 4 is 29.1 Å². The molecule has 1 atom stereocenters. The van der Waals surface area contributed by atoms with Gasteiger partial charge < -0.3 is 15.0 Å². The van der Waals surface area contributed by atoms with Gasteiger partial charge in [-0.05, 0) is 48.9 Å². The van der Waals surface area contributed by atoms with Gasteiger partial charge in [-0.1, -0.05) is 48.0 Å². The number of nitrogens with one attached hydrogen (secondary N) is 1. The summed E-state index contributed by atoms with van der Waals surface area (Å²) in [5.41, 5.74) is 2.83. The maximum absolute atomic E-state index is 13.5. The molecule has 1 heterocycles. The summed E-state index contributed by atoms with van der Waals surface area (Å²) in [5, 5.41) is 3.41. The standard InChI is InChI=1S/C24H21ClN2O3/c1-2-30-19-11-8-17(9-12-19)24(29)27-15-22(28)26-21-14-18(25)10-13-20(21)23(27)16-6-4-3-5-7-16/h3-14,23H,2,15H2,1H3,(H,26,28). The maximum atomic E-state index is 13.5. The summed E-state index contributed by atoms with van der Waals surface area (Å²) < 4.78 is 5.47. The smallest absolute Gasteiger partial charge is 0.255 e. The quantitative estimate of drug-likeness (QED) is 0.651. The topological polar surface area (TPSA) is 58.6 Å². The molecule has 152 valence electrons. The van der Waals surface area contributed by atoms with Crippen LogP contribution >= 0.6 is 11.6 Å². The van der Waals surface area contributed by atoms with E-state index in [0.717, 1.165) is 11.1 Å². The van der Waals surface area contributed by atoms with E-state index in [1.165, 1.54) is 0 Å². The summed E-state index contributed by atoms with van der Waals surface area (Å²) in [6.45, 7) is 2.38. The Morgan fingerprint density at radius 3 is 2.53 bits per heavy atom. The fourth-order valence-electron chi connectivity index (χ4n) is 3.69. The molecule has 0 saturated carbocycles. The first-order chi connectivity index (χ1) is 14.6. The first kappa shape index (κ1) is 20.0. The van der Waals surface area contributed by atoms with Crippen LogP contribution in [0, 0.1) is 0 Å². The van der Waals surface area contributed by atoms with Crippen LogP contribution in [0.15, 0.2) is 72.8 Å². The van der Waals surface area contributed by atoms with Crippen LogP contribution in [0.5, 0.6) is 5.75 Å². The summed E-state index contributed by atoms with van der Waals surface area (Å²) in [5.74, 6) is 0.198. The minimum absolute atomic E-state index is 0.0715. The molecule has 0 bridgehead atoms. The molecule has 0 aromatic heterocycles. The summed E-state index contributed by atoms with van der Waals surface area (Å²) >= 11 is 6.16. The van der Waals surface area contributed by atoms with E-state index < -0.39 is 6.04 Å². The lowest BCUT2D eigenvalue weighted by molar-refractivity contribution is -0.117. The van der Waals surface area contributed by atoms with Crippen LogP contribution in [0.3, 0.4) is 0 Å². The average Bonchev–Trinajstić information content (AvgIpc) is 2.90. The minimum atomic E-state index is -0.434. The Kier molecular flexibility index (Phi) is 5.72. The van der Waals surface area contributed by atoms with Crippen molar-refractivity contribution in [3.05, 3.63) is 94.5 Å². The monoisotopic (exact) mass is 420 g/mol. The lowest BCUT2D eigenvalue weighted by Gasteiger charge is -2.30. The van der Waals surface area contributed by atoms with Crippen LogP contribution in [0.25, 0.3) is 0 Å². The SMILES string of the molecule is CCOc1ccc(C(=O)N2CC(=O)Nc3cc(Cl)ccc3C2c2ccccc2)cc1. The molecule has 5 nitrogen and oxygen atoms in total. The number of rotatable bonds is 4. The van der Waals surface area contributed by atoms with Gasteiger partial charge in [-0.25, -0.2) is 0 Å². The van der Waals surface area contributed by atoms with Gasteiger partial charge in [0.15, 0.2) is 0 Å². The highest BCUT2D eigenvalue weighted by atomic mass is 35.5. The molecular weight excluding hydrogens is 400 g/mol. The van der Waals surface area contributed by atoms with Crippen LogP contribution in [0.2, 0.25) is 5.02 Å². The van der Waals surface area contributed by atoms with Crippen molar-refractivity contribution in [2.75, 3.05) is 18.5 Å². The molecule has 1 aliphatic heterocycles. The van der Waals surface area contributed by atoms with Gasteiger partial charge in [0.25, 0.3) is 5.91 Å². The average molecular weight is 421 g/mol. The van der Waals surface area contributed by atoms with Crippen LogP contribution in [-0.2, 0) is 4.79 Å². The van der Waals surface area contributed by atoms with E-state index in [0.29, 0.717) is 28.6 Å². The molecule has 0 spiro atoms. The predicted molar refractivity (Wildman–Crippen MR) is 117 cm³/mol. The first-order valence-corrected chi connectivity index (χ1v) is 10.1. The third-order valence-corrected chi connectivity index (χ3v) is 5.23. The molecule has 1 N–H and O–H groups in total. The van der Waals surface area contributed by atoms with Crippen LogP contribution in [-0.4, -0.2) is 29.9 Å². The molecule has 0 fully saturated rings. The van der Waals surface area contributed by atoms with Gasteiger partial charge >= 0.3 is 0 Å². The van der Waals surface area contributed by atoms with Gasteiger partial charge in [-0.15, -0.1) is 0 Å². The van der Waals surface area contributed by atoms with Gasteiger partial charge in [0.1, 0.15) is 12.3 Å². The Bertz CT molecular complexity index is 1070. The van der Waals surface area contributed by atoms with Gasteiger partial charge in [-0.3, -0.25) is 9.59 Å². The van der Waals surface area contributed by atoms with E-state index in [1.54, 1.807) is 41.3 Å². The fourth-order valence-corrected chi connectivity index (χ4v) is 3.86. The highest BCUT2D eigenvalue weighted by Gasteiger charge is 2.34. The Hall–Kier alpha value is -3.31. The number of hydrogen-bond donors (Lipinski definition) is 1. The summed E-state index contributed by atoms with van der Waals surface area (Å²) in [4.78, 5) is 27.8. The normalized spacial score (nSPS) is 15.7. The van der Waals surface area contributed by atoms with Crippen molar-refractivity contribution in [1.29, 1.82) is 0 Å². The van der Waals surface area contributed by atoms with Crippen LogP contribution < -0.4 is 10.1 Å². The van der Waals surface area contributed by atoms with Crippen molar-refractivity contribution in [2.45, 2.75) is 13.0 Å². The Morgan fingerprint density at radius 2 is 1.83 bits per heavy atom. The number of carbonyl (C=O) groups excluding carboxylic acids is 2. The van der Waals surface area contributed by atoms with Crippen molar-refractivity contribution in [3.63, 3.8) is 0 Å². The molecular formula is C24H21ClN2O3. The second-order valence-corrected chi connectivity index (χ2v) is 7.42. The maximum Gasteiger partial charge on any atom is 0.255 e. The third kappa shape index (κ3) is 4.02. The number of hydrogen-bond acceptors (Lipinski definition) is 3. The first-order valence-electron chi connectivity index (χ1n) is 9.75. The summed E-state index contributed by atoms with van der Waals surface area (Å²) in [6.07, 6.45) is 0. The zero-order chi connectivity index (χ0) is 21.1. The molecule has 3 aromatic carbocycles. The number of carbonyl (C=O) groups is 2. The molecule has 0 radical (unpaired) electrons. The lowest BCUT2D eigenvalue weighted by Crippen LogP contribution is -2.38. The fraction of sp³-hybridized carbons (Fsp3) is 0.167. The molecule has 1 aliphatic rings. The van der Waals surface area contributed by atoms with E-state index >= 15 is 0 Å². The van der Waals surface area contributed by atoms with Gasteiger partial charge in [0.05, 0.1) is 12.6 Å². The second kappa shape index (κ2) is 8.59. The molecule has 6 heteroatoms. The van der Waals surface area contributed by atoms with Gasteiger partial charge in [0, 0.05) is 21.8 Å². The largest absolute Gasteiger partial charge is 0.494 e. The predicted octanol–water partition coefficient (Wildman–Crippen LogP) is 4.92. The van der Waals surface area contributed by atoms with E-state index in [1.807, 2.05) is 43.3 Å². The van der Waals surface area contributed by atoms with Crippen molar-refractivity contribution in [3.8, 4) is 5.75 Å². The number of ether oxygens (including phenoxy) is 1. The van der Waals surface area contributed by atoms with E-state index in [-0.39, 0.29) is 18.4 Å². The molecule has 0 aliphatic carbocycles. The number of amides is 2. The zero-order valence-electron chi connectivity index (χ0n) is 16.5. The molecule has 0 saturated heterocycles.